The highest BCUT2D eigenvalue weighted by Gasteiger charge is 2.17. The molecular formula is C15H13Cl2FO. The monoisotopic (exact) mass is 298 g/mol. The minimum absolute atomic E-state index is 0.245. The maximum atomic E-state index is 13.3. The summed E-state index contributed by atoms with van der Waals surface area (Å²) < 4.78 is 18.6. The van der Waals surface area contributed by atoms with Gasteiger partial charge >= 0.3 is 0 Å². The highest BCUT2D eigenvalue weighted by Crippen LogP contribution is 2.37. The zero-order valence-corrected chi connectivity index (χ0v) is 12.1. The number of aryl methyl sites for hydroxylation is 1. The lowest BCUT2D eigenvalue weighted by Gasteiger charge is -2.15. The van der Waals surface area contributed by atoms with Gasteiger partial charge < -0.3 is 4.74 Å². The van der Waals surface area contributed by atoms with Crippen molar-refractivity contribution in [2.75, 3.05) is 7.11 Å². The summed E-state index contributed by atoms with van der Waals surface area (Å²) in [6, 6.07) is 10.1. The van der Waals surface area contributed by atoms with E-state index in [1.807, 2.05) is 0 Å². The summed E-state index contributed by atoms with van der Waals surface area (Å²) in [6.07, 6.45) is 0. The third-order valence-electron chi connectivity index (χ3n) is 2.94. The van der Waals surface area contributed by atoms with Crippen LogP contribution in [0.4, 0.5) is 4.39 Å². The molecule has 4 heteroatoms. The average molecular weight is 299 g/mol. The van der Waals surface area contributed by atoms with Gasteiger partial charge in [-0.1, -0.05) is 23.7 Å². The van der Waals surface area contributed by atoms with Crippen molar-refractivity contribution in [2.45, 2.75) is 12.3 Å². The number of methoxy groups -OCH3 is 1. The molecule has 0 saturated carbocycles. The molecule has 0 aliphatic carbocycles. The molecule has 1 nitrogen and oxygen atoms in total. The van der Waals surface area contributed by atoms with Gasteiger partial charge in [0.15, 0.2) is 0 Å². The number of hydrogen-bond acceptors (Lipinski definition) is 1. The molecule has 0 amide bonds. The largest absolute Gasteiger partial charge is 0.496 e. The molecule has 100 valence electrons. The predicted octanol–water partition coefficient (Wildman–Crippen LogP) is 5.12. The van der Waals surface area contributed by atoms with E-state index in [9.17, 15) is 4.39 Å². The topological polar surface area (TPSA) is 9.23 Å². The van der Waals surface area contributed by atoms with E-state index in [4.69, 9.17) is 27.9 Å². The molecule has 0 heterocycles. The Morgan fingerprint density at radius 1 is 1.16 bits per heavy atom. The van der Waals surface area contributed by atoms with E-state index in [2.05, 4.69) is 0 Å². The Kier molecular flexibility index (Phi) is 4.33. The summed E-state index contributed by atoms with van der Waals surface area (Å²) in [5.74, 6) is 0.414. The number of ether oxygens (including phenoxy) is 1. The van der Waals surface area contributed by atoms with Gasteiger partial charge in [-0.25, -0.2) is 4.39 Å². The highest BCUT2D eigenvalue weighted by atomic mass is 35.5. The summed E-state index contributed by atoms with van der Waals surface area (Å²) in [5.41, 5.74) is 2.13. The molecule has 0 radical (unpaired) electrons. The molecule has 2 rings (SSSR count). The summed E-state index contributed by atoms with van der Waals surface area (Å²) in [6.45, 7) is 1.71. The normalized spacial score (nSPS) is 12.3. The Morgan fingerprint density at radius 3 is 2.53 bits per heavy atom. The Bertz CT molecular complexity index is 599. The Morgan fingerprint density at radius 2 is 1.89 bits per heavy atom. The molecule has 0 aliphatic heterocycles. The van der Waals surface area contributed by atoms with Crippen LogP contribution in [0.1, 0.15) is 22.1 Å². The first-order valence-corrected chi connectivity index (χ1v) is 6.58. The predicted molar refractivity (Wildman–Crippen MR) is 76.8 cm³/mol. The Hall–Kier alpha value is -1.25. The number of hydrogen-bond donors (Lipinski definition) is 0. The van der Waals surface area contributed by atoms with E-state index in [-0.39, 0.29) is 5.82 Å². The molecule has 19 heavy (non-hydrogen) atoms. The van der Waals surface area contributed by atoms with Crippen LogP contribution in [0.5, 0.6) is 5.75 Å². The second-order valence-electron chi connectivity index (χ2n) is 4.26. The second kappa shape index (κ2) is 5.81. The fourth-order valence-corrected chi connectivity index (χ4v) is 2.40. The van der Waals surface area contributed by atoms with E-state index in [1.54, 1.807) is 44.4 Å². The van der Waals surface area contributed by atoms with E-state index >= 15 is 0 Å². The molecule has 0 aromatic heterocycles. The van der Waals surface area contributed by atoms with E-state index in [0.29, 0.717) is 16.3 Å². The van der Waals surface area contributed by atoms with Crippen LogP contribution in [0.3, 0.4) is 0 Å². The third-order valence-corrected chi connectivity index (χ3v) is 3.66. The zero-order chi connectivity index (χ0) is 14.0. The van der Waals surface area contributed by atoms with Crippen molar-refractivity contribution in [2.24, 2.45) is 0 Å². The molecule has 0 aliphatic rings. The fourth-order valence-electron chi connectivity index (χ4n) is 1.91. The standard InChI is InChI=1S/C15H13Cl2FO/c1-9-7-10(3-5-13(9)18)15(17)12-8-11(16)4-6-14(12)19-2/h3-8,15H,1-2H3. The van der Waals surface area contributed by atoms with Gasteiger partial charge in [-0.3, -0.25) is 0 Å². The number of halogens is 3. The van der Waals surface area contributed by atoms with Crippen molar-refractivity contribution >= 4 is 23.2 Å². The second-order valence-corrected chi connectivity index (χ2v) is 5.13. The van der Waals surface area contributed by atoms with Gasteiger partial charge in [0.2, 0.25) is 0 Å². The highest BCUT2D eigenvalue weighted by molar-refractivity contribution is 6.31. The molecule has 0 N–H and O–H groups in total. The van der Waals surface area contributed by atoms with E-state index in [0.717, 1.165) is 11.1 Å². The van der Waals surface area contributed by atoms with Crippen LogP contribution in [0, 0.1) is 12.7 Å². The zero-order valence-electron chi connectivity index (χ0n) is 10.6. The lowest BCUT2D eigenvalue weighted by atomic mass is 10.0. The van der Waals surface area contributed by atoms with Crippen molar-refractivity contribution < 1.29 is 9.13 Å². The van der Waals surface area contributed by atoms with Crippen molar-refractivity contribution in [3.63, 3.8) is 0 Å². The molecule has 0 bridgehead atoms. The van der Waals surface area contributed by atoms with Gasteiger partial charge in [0.1, 0.15) is 11.6 Å². The van der Waals surface area contributed by atoms with E-state index in [1.165, 1.54) is 6.07 Å². The van der Waals surface area contributed by atoms with Gasteiger partial charge in [-0.05, 0) is 42.3 Å². The van der Waals surface area contributed by atoms with Crippen molar-refractivity contribution in [3.05, 3.63) is 63.9 Å². The molecular weight excluding hydrogens is 286 g/mol. The third kappa shape index (κ3) is 3.02. The molecule has 2 aromatic carbocycles. The number of benzene rings is 2. The first kappa shape index (κ1) is 14.2. The van der Waals surface area contributed by atoms with Crippen molar-refractivity contribution in [1.29, 1.82) is 0 Å². The van der Waals surface area contributed by atoms with Crippen LogP contribution in [-0.4, -0.2) is 7.11 Å². The van der Waals surface area contributed by atoms with Crippen LogP contribution < -0.4 is 4.74 Å². The van der Waals surface area contributed by atoms with Crippen LogP contribution in [-0.2, 0) is 0 Å². The molecule has 0 fully saturated rings. The quantitative estimate of drug-likeness (QED) is 0.714. The molecule has 1 atom stereocenters. The van der Waals surface area contributed by atoms with Gasteiger partial charge in [-0.15, -0.1) is 11.6 Å². The first-order valence-electron chi connectivity index (χ1n) is 5.76. The summed E-state index contributed by atoms with van der Waals surface area (Å²) in [4.78, 5) is 0. The smallest absolute Gasteiger partial charge is 0.126 e. The molecule has 0 saturated heterocycles. The molecule has 2 aromatic rings. The fraction of sp³-hybridized carbons (Fsp3) is 0.200. The molecule has 1 unspecified atom stereocenters. The van der Waals surface area contributed by atoms with Crippen LogP contribution in [0.2, 0.25) is 5.02 Å². The lowest BCUT2D eigenvalue weighted by Crippen LogP contribution is -1.98. The lowest BCUT2D eigenvalue weighted by molar-refractivity contribution is 0.410. The van der Waals surface area contributed by atoms with Gasteiger partial charge in [0.25, 0.3) is 0 Å². The summed E-state index contributed by atoms with van der Waals surface area (Å²) in [7, 11) is 1.58. The summed E-state index contributed by atoms with van der Waals surface area (Å²) >= 11 is 12.4. The van der Waals surface area contributed by atoms with Gasteiger partial charge in [0.05, 0.1) is 12.5 Å². The molecule has 0 spiro atoms. The first-order chi connectivity index (χ1) is 9.02. The Balaban J connectivity index is 2.45. The maximum Gasteiger partial charge on any atom is 0.126 e. The van der Waals surface area contributed by atoms with Crippen LogP contribution in [0.25, 0.3) is 0 Å². The maximum absolute atomic E-state index is 13.3. The summed E-state index contributed by atoms with van der Waals surface area (Å²) in [5, 5.41) is 0.147. The van der Waals surface area contributed by atoms with Crippen molar-refractivity contribution in [3.8, 4) is 5.75 Å². The van der Waals surface area contributed by atoms with Crippen LogP contribution in [0.15, 0.2) is 36.4 Å². The van der Waals surface area contributed by atoms with Crippen LogP contribution >= 0.6 is 23.2 Å². The van der Waals surface area contributed by atoms with Crippen molar-refractivity contribution in [1.82, 2.24) is 0 Å². The average Bonchev–Trinajstić information content (AvgIpc) is 2.41. The Labute approximate surface area is 121 Å². The minimum atomic E-state index is -0.437. The van der Waals surface area contributed by atoms with Gasteiger partial charge in [0, 0.05) is 10.6 Å². The van der Waals surface area contributed by atoms with E-state index < -0.39 is 5.38 Å². The number of rotatable bonds is 3. The SMILES string of the molecule is COc1ccc(Cl)cc1C(Cl)c1ccc(F)c(C)c1. The van der Waals surface area contributed by atoms with Gasteiger partial charge in [-0.2, -0.15) is 0 Å². The number of alkyl halides is 1. The minimum Gasteiger partial charge on any atom is -0.496 e.